The Balaban J connectivity index is 0.00000161. The average molecular weight is 309 g/mol. The van der Waals surface area contributed by atoms with Crippen molar-refractivity contribution < 1.29 is 4.79 Å². The van der Waals surface area contributed by atoms with E-state index in [-0.39, 0.29) is 18.4 Å². The standard InChI is InChI=1S/C17H24N2O.ClH/c18-16-8-4-7-14(16)11-17(20)19(15-9-10-15)12-13-5-2-1-3-6-13;/h1-3,5-6,14-16H,4,7-12,18H2;1H/t14-,16+;/m0./s1. The van der Waals surface area contributed by atoms with Gasteiger partial charge in [0.1, 0.15) is 0 Å². The highest BCUT2D eigenvalue weighted by atomic mass is 35.5. The van der Waals surface area contributed by atoms with Gasteiger partial charge in [-0.3, -0.25) is 4.79 Å². The van der Waals surface area contributed by atoms with Crippen LogP contribution in [0, 0.1) is 5.92 Å². The second-order valence-corrected chi connectivity index (χ2v) is 6.30. The Morgan fingerprint density at radius 1 is 1.14 bits per heavy atom. The lowest BCUT2D eigenvalue weighted by molar-refractivity contribution is -0.133. The first-order valence-electron chi connectivity index (χ1n) is 7.83. The van der Waals surface area contributed by atoms with Crippen LogP contribution in [-0.4, -0.2) is 22.9 Å². The van der Waals surface area contributed by atoms with E-state index >= 15 is 0 Å². The number of hydrogen-bond acceptors (Lipinski definition) is 2. The Morgan fingerprint density at radius 2 is 1.86 bits per heavy atom. The van der Waals surface area contributed by atoms with Gasteiger partial charge in [-0.2, -0.15) is 0 Å². The molecule has 2 fully saturated rings. The quantitative estimate of drug-likeness (QED) is 0.908. The summed E-state index contributed by atoms with van der Waals surface area (Å²) >= 11 is 0. The molecule has 4 heteroatoms. The largest absolute Gasteiger partial charge is 0.335 e. The fourth-order valence-electron chi connectivity index (χ4n) is 3.25. The lowest BCUT2D eigenvalue weighted by atomic mass is 9.99. The molecule has 21 heavy (non-hydrogen) atoms. The average Bonchev–Trinajstić information content (AvgIpc) is 3.22. The molecule has 0 heterocycles. The van der Waals surface area contributed by atoms with E-state index in [4.69, 9.17) is 5.73 Å². The number of nitrogens with two attached hydrogens (primary N) is 1. The number of benzene rings is 1. The Morgan fingerprint density at radius 3 is 2.43 bits per heavy atom. The third kappa shape index (κ3) is 4.21. The monoisotopic (exact) mass is 308 g/mol. The predicted molar refractivity (Wildman–Crippen MR) is 87.2 cm³/mol. The highest BCUT2D eigenvalue weighted by molar-refractivity contribution is 5.85. The van der Waals surface area contributed by atoms with Gasteiger partial charge < -0.3 is 10.6 Å². The van der Waals surface area contributed by atoms with E-state index < -0.39 is 0 Å². The third-order valence-electron chi connectivity index (χ3n) is 4.66. The topological polar surface area (TPSA) is 46.3 Å². The Hall–Kier alpha value is -1.06. The van der Waals surface area contributed by atoms with Crippen molar-refractivity contribution in [2.24, 2.45) is 11.7 Å². The summed E-state index contributed by atoms with van der Waals surface area (Å²) in [6, 6.07) is 11.0. The van der Waals surface area contributed by atoms with Crippen molar-refractivity contribution in [3.05, 3.63) is 35.9 Å². The van der Waals surface area contributed by atoms with E-state index in [9.17, 15) is 4.79 Å². The molecule has 0 saturated heterocycles. The maximum absolute atomic E-state index is 12.6. The van der Waals surface area contributed by atoms with Crippen LogP contribution in [0.2, 0.25) is 0 Å². The number of halogens is 1. The molecule has 0 aromatic heterocycles. The van der Waals surface area contributed by atoms with E-state index in [1.165, 1.54) is 12.0 Å². The van der Waals surface area contributed by atoms with Gasteiger partial charge >= 0.3 is 0 Å². The molecule has 2 N–H and O–H groups in total. The summed E-state index contributed by atoms with van der Waals surface area (Å²) in [7, 11) is 0. The molecule has 0 aliphatic heterocycles. The molecular formula is C17H25ClN2O. The van der Waals surface area contributed by atoms with Crippen LogP contribution in [0.25, 0.3) is 0 Å². The van der Waals surface area contributed by atoms with Gasteiger partial charge in [0.2, 0.25) is 5.91 Å². The molecule has 3 rings (SSSR count). The minimum absolute atomic E-state index is 0. The lowest BCUT2D eigenvalue weighted by Gasteiger charge is -2.25. The zero-order chi connectivity index (χ0) is 13.9. The molecule has 0 unspecified atom stereocenters. The van der Waals surface area contributed by atoms with Crippen LogP contribution >= 0.6 is 12.4 Å². The highest BCUT2D eigenvalue weighted by Gasteiger charge is 2.35. The van der Waals surface area contributed by atoms with Crippen molar-refractivity contribution in [3.8, 4) is 0 Å². The van der Waals surface area contributed by atoms with Gasteiger partial charge in [-0.1, -0.05) is 36.8 Å². The number of rotatable bonds is 5. The fourth-order valence-corrected chi connectivity index (χ4v) is 3.25. The van der Waals surface area contributed by atoms with Crippen molar-refractivity contribution in [2.45, 2.75) is 57.2 Å². The number of carbonyl (C=O) groups excluding carboxylic acids is 1. The number of nitrogens with zero attached hydrogens (tertiary/aromatic N) is 1. The summed E-state index contributed by atoms with van der Waals surface area (Å²) in [5, 5.41) is 0. The lowest BCUT2D eigenvalue weighted by Crippen LogP contribution is -2.36. The highest BCUT2D eigenvalue weighted by Crippen LogP contribution is 2.32. The number of hydrogen-bond donors (Lipinski definition) is 1. The molecule has 1 aromatic rings. The number of carbonyl (C=O) groups is 1. The van der Waals surface area contributed by atoms with Crippen molar-refractivity contribution in [1.29, 1.82) is 0 Å². The minimum Gasteiger partial charge on any atom is -0.335 e. The van der Waals surface area contributed by atoms with Crippen LogP contribution in [0.15, 0.2) is 30.3 Å². The van der Waals surface area contributed by atoms with Crippen molar-refractivity contribution in [2.75, 3.05) is 0 Å². The summed E-state index contributed by atoms with van der Waals surface area (Å²) in [6.45, 7) is 0.756. The van der Waals surface area contributed by atoms with Crippen molar-refractivity contribution in [1.82, 2.24) is 4.90 Å². The molecule has 0 radical (unpaired) electrons. The predicted octanol–water partition coefficient (Wildman–Crippen LogP) is 3.12. The molecule has 2 aliphatic rings. The maximum Gasteiger partial charge on any atom is 0.223 e. The summed E-state index contributed by atoms with van der Waals surface area (Å²) in [6.07, 6.45) is 6.35. The van der Waals surface area contributed by atoms with Gasteiger partial charge in [0.25, 0.3) is 0 Å². The summed E-state index contributed by atoms with van der Waals surface area (Å²) < 4.78 is 0. The van der Waals surface area contributed by atoms with Crippen LogP contribution in [0.5, 0.6) is 0 Å². The zero-order valence-electron chi connectivity index (χ0n) is 12.4. The van der Waals surface area contributed by atoms with Gasteiger partial charge in [-0.05, 0) is 37.2 Å². The van der Waals surface area contributed by atoms with Crippen LogP contribution < -0.4 is 5.73 Å². The van der Waals surface area contributed by atoms with E-state index in [2.05, 4.69) is 17.0 Å². The Kier molecular flexibility index (Phi) is 5.65. The van der Waals surface area contributed by atoms with E-state index in [1.807, 2.05) is 18.2 Å². The molecule has 116 valence electrons. The fraction of sp³-hybridized carbons (Fsp3) is 0.588. The molecule has 3 nitrogen and oxygen atoms in total. The van der Waals surface area contributed by atoms with Gasteiger partial charge in [0.05, 0.1) is 0 Å². The third-order valence-corrected chi connectivity index (χ3v) is 4.66. The van der Waals surface area contributed by atoms with Gasteiger partial charge in [0.15, 0.2) is 0 Å². The number of amides is 1. The van der Waals surface area contributed by atoms with Gasteiger partial charge in [-0.15, -0.1) is 12.4 Å². The smallest absolute Gasteiger partial charge is 0.223 e. The summed E-state index contributed by atoms with van der Waals surface area (Å²) in [4.78, 5) is 14.7. The van der Waals surface area contributed by atoms with Gasteiger partial charge in [-0.25, -0.2) is 0 Å². The van der Waals surface area contributed by atoms with Crippen LogP contribution in [-0.2, 0) is 11.3 Å². The molecule has 2 atom stereocenters. The Bertz CT molecular complexity index is 461. The molecular weight excluding hydrogens is 284 g/mol. The van der Waals surface area contributed by atoms with E-state index in [1.54, 1.807) is 0 Å². The summed E-state index contributed by atoms with van der Waals surface area (Å²) in [5.41, 5.74) is 7.33. The van der Waals surface area contributed by atoms with Crippen molar-refractivity contribution in [3.63, 3.8) is 0 Å². The molecule has 2 aliphatic carbocycles. The second kappa shape index (κ2) is 7.28. The SMILES string of the molecule is Cl.N[C@@H]1CCC[C@H]1CC(=O)N(Cc1ccccc1)C1CC1. The Labute approximate surface area is 133 Å². The molecule has 2 saturated carbocycles. The molecule has 1 aromatic carbocycles. The summed E-state index contributed by atoms with van der Waals surface area (Å²) in [5.74, 6) is 0.707. The van der Waals surface area contributed by atoms with Crippen molar-refractivity contribution >= 4 is 18.3 Å². The second-order valence-electron chi connectivity index (χ2n) is 6.30. The van der Waals surface area contributed by atoms with E-state index in [0.29, 0.717) is 24.3 Å². The molecule has 0 bridgehead atoms. The van der Waals surface area contributed by atoms with Crippen LogP contribution in [0.1, 0.15) is 44.1 Å². The van der Waals surface area contributed by atoms with E-state index in [0.717, 1.165) is 32.2 Å². The maximum atomic E-state index is 12.6. The first-order valence-corrected chi connectivity index (χ1v) is 7.83. The first-order chi connectivity index (χ1) is 9.74. The zero-order valence-corrected chi connectivity index (χ0v) is 13.2. The molecule has 0 spiro atoms. The van der Waals surface area contributed by atoms with Gasteiger partial charge in [0, 0.05) is 25.0 Å². The molecule has 1 amide bonds. The normalized spacial score (nSPS) is 24.4. The minimum atomic E-state index is 0. The van der Waals surface area contributed by atoms with Crippen LogP contribution in [0.3, 0.4) is 0 Å². The van der Waals surface area contributed by atoms with Crippen LogP contribution in [0.4, 0.5) is 0 Å². The first kappa shape index (κ1) is 16.3.